The maximum Gasteiger partial charge on any atom is 0.251 e. The van der Waals surface area contributed by atoms with Gasteiger partial charge >= 0.3 is 0 Å². The van der Waals surface area contributed by atoms with Crippen molar-refractivity contribution >= 4 is 11.8 Å². The molecule has 1 aliphatic rings. The molecule has 2 heterocycles. The lowest BCUT2D eigenvalue weighted by Gasteiger charge is -2.20. The van der Waals surface area contributed by atoms with Crippen molar-refractivity contribution in [2.45, 2.75) is 37.8 Å². The number of aliphatic hydroxyl groups is 1. The third kappa shape index (κ3) is 3.81. The molecule has 120 valence electrons. The van der Waals surface area contributed by atoms with Crippen LogP contribution in [0.5, 0.6) is 0 Å². The topological polar surface area (TPSA) is 97.1 Å². The highest BCUT2D eigenvalue weighted by Crippen LogP contribution is 2.18. The minimum atomic E-state index is -0.565. The van der Waals surface area contributed by atoms with Crippen LogP contribution in [0, 0.1) is 0 Å². The van der Waals surface area contributed by atoms with E-state index in [4.69, 9.17) is 0 Å². The summed E-state index contributed by atoms with van der Waals surface area (Å²) in [6.45, 7) is 0. The Bertz CT molecular complexity index is 698. The van der Waals surface area contributed by atoms with E-state index in [1.807, 2.05) is 30.3 Å². The predicted molar refractivity (Wildman–Crippen MR) is 81.3 cm³/mol. The van der Waals surface area contributed by atoms with Gasteiger partial charge in [-0.1, -0.05) is 35.5 Å². The van der Waals surface area contributed by atoms with Crippen LogP contribution in [-0.2, 0) is 22.4 Å². The van der Waals surface area contributed by atoms with E-state index in [1.54, 1.807) is 6.20 Å². The highest BCUT2D eigenvalue weighted by atomic mass is 16.3. The average molecular weight is 314 g/mol. The van der Waals surface area contributed by atoms with E-state index in [0.717, 1.165) is 5.56 Å². The summed E-state index contributed by atoms with van der Waals surface area (Å²) in [6, 6.07) is 9.21. The summed E-state index contributed by atoms with van der Waals surface area (Å²) in [5, 5.41) is 20.4. The fourth-order valence-corrected chi connectivity index (χ4v) is 2.69. The Morgan fingerprint density at radius 2 is 2.04 bits per heavy atom. The molecule has 2 amide bonds. The summed E-state index contributed by atoms with van der Waals surface area (Å²) in [4.78, 5) is 23.0. The maximum absolute atomic E-state index is 11.8. The van der Waals surface area contributed by atoms with Gasteiger partial charge in [0.25, 0.3) is 5.91 Å². The number of nitrogens with zero attached hydrogens (tertiary/aromatic N) is 3. The van der Waals surface area contributed by atoms with Gasteiger partial charge in [0.05, 0.1) is 11.8 Å². The second-order valence-corrected chi connectivity index (χ2v) is 5.70. The molecular weight excluding hydrogens is 296 g/mol. The number of hydrogen-bond acceptors (Lipinski definition) is 5. The van der Waals surface area contributed by atoms with Crippen LogP contribution in [0.4, 0.5) is 0 Å². The average Bonchev–Trinajstić information content (AvgIpc) is 2.96. The molecule has 23 heavy (non-hydrogen) atoms. The van der Waals surface area contributed by atoms with Gasteiger partial charge in [-0.05, 0) is 18.4 Å². The summed E-state index contributed by atoms with van der Waals surface area (Å²) in [6.07, 6.45) is 2.70. The van der Waals surface area contributed by atoms with Gasteiger partial charge in [-0.15, -0.1) is 5.10 Å². The Balaban J connectivity index is 1.61. The first kappa shape index (κ1) is 15.4. The molecule has 1 fully saturated rings. The van der Waals surface area contributed by atoms with Gasteiger partial charge in [-0.3, -0.25) is 14.9 Å². The molecule has 0 bridgehead atoms. The molecule has 2 aromatic rings. The number of nitrogens with one attached hydrogen (secondary N) is 1. The largest absolute Gasteiger partial charge is 0.392 e. The lowest BCUT2D eigenvalue weighted by atomic mass is 10.0. The number of rotatable bonds is 5. The van der Waals surface area contributed by atoms with Crippen molar-refractivity contribution in [1.82, 2.24) is 20.3 Å². The molecule has 0 saturated carbocycles. The summed E-state index contributed by atoms with van der Waals surface area (Å²) in [7, 11) is 0. The highest BCUT2D eigenvalue weighted by Gasteiger charge is 2.29. The zero-order valence-electron chi connectivity index (χ0n) is 12.6. The van der Waals surface area contributed by atoms with Crippen LogP contribution in [-0.4, -0.2) is 38.0 Å². The lowest BCUT2D eigenvalue weighted by molar-refractivity contribution is -0.136. The molecular formula is C16H18N4O3. The van der Waals surface area contributed by atoms with Gasteiger partial charge in [-0.25, -0.2) is 4.68 Å². The van der Waals surface area contributed by atoms with Crippen molar-refractivity contribution in [3.63, 3.8) is 0 Å². The second-order valence-electron chi connectivity index (χ2n) is 5.70. The molecule has 2 atom stereocenters. The van der Waals surface area contributed by atoms with Crippen molar-refractivity contribution in [2.75, 3.05) is 0 Å². The monoisotopic (exact) mass is 314 g/mol. The summed E-state index contributed by atoms with van der Waals surface area (Å²) >= 11 is 0. The smallest absolute Gasteiger partial charge is 0.251 e. The Hall–Kier alpha value is -2.54. The standard InChI is InChI=1S/C16H18N4O3/c21-13(8-11-4-2-1-3-5-11)9-12-10-20(19-18-12)14-6-7-15(22)17-16(14)23/h1-5,10,13-14,21H,6-9H2,(H,17,22,23). The third-order valence-electron chi connectivity index (χ3n) is 3.85. The number of carbonyl (C=O) groups is 2. The molecule has 0 aliphatic carbocycles. The zero-order chi connectivity index (χ0) is 16.2. The molecule has 7 nitrogen and oxygen atoms in total. The number of imide groups is 1. The normalized spacial score (nSPS) is 19.4. The van der Waals surface area contributed by atoms with Crippen LogP contribution in [0.2, 0.25) is 0 Å². The SMILES string of the molecule is O=C1CCC(n2cc(CC(O)Cc3ccccc3)nn2)C(=O)N1. The molecule has 1 aromatic carbocycles. The first-order valence-electron chi connectivity index (χ1n) is 7.58. The molecule has 7 heteroatoms. The van der Waals surface area contributed by atoms with Crippen LogP contribution >= 0.6 is 0 Å². The van der Waals surface area contributed by atoms with E-state index >= 15 is 0 Å². The van der Waals surface area contributed by atoms with E-state index in [1.165, 1.54) is 4.68 Å². The fourth-order valence-electron chi connectivity index (χ4n) is 2.69. The third-order valence-corrected chi connectivity index (χ3v) is 3.85. The molecule has 1 saturated heterocycles. The van der Waals surface area contributed by atoms with Gasteiger partial charge in [0, 0.05) is 19.0 Å². The van der Waals surface area contributed by atoms with Crippen LogP contribution < -0.4 is 5.32 Å². The number of aromatic nitrogens is 3. The zero-order valence-corrected chi connectivity index (χ0v) is 12.6. The quantitative estimate of drug-likeness (QED) is 0.779. The molecule has 2 unspecified atom stereocenters. The number of carbonyl (C=O) groups excluding carboxylic acids is 2. The van der Waals surface area contributed by atoms with Gasteiger partial charge in [-0.2, -0.15) is 0 Å². The number of amides is 2. The van der Waals surface area contributed by atoms with Gasteiger partial charge in [0.2, 0.25) is 5.91 Å². The fraction of sp³-hybridized carbons (Fsp3) is 0.375. The van der Waals surface area contributed by atoms with Crippen LogP contribution in [0.15, 0.2) is 36.5 Å². The van der Waals surface area contributed by atoms with E-state index < -0.39 is 12.1 Å². The van der Waals surface area contributed by atoms with Gasteiger partial charge in [0.15, 0.2) is 0 Å². The van der Waals surface area contributed by atoms with E-state index in [-0.39, 0.29) is 11.8 Å². The van der Waals surface area contributed by atoms with Crippen LogP contribution in [0.3, 0.4) is 0 Å². The number of benzene rings is 1. The highest BCUT2D eigenvalue weighted by molar-refractivity contribution is 5.99. The van der Waals surface area contributed by atoms with Crippen LogP contribution in [0.1, 0.15) is 30.1 Å². The minimum Gasteiger partial charge on any atom is -0.392 e. The van der Waals surface area contributed by atoms with E-state index in [9.17, 15) is 14.7 Å². The van der Waals surface area contributed by atoms with Crippen molar-refractivity contribution in [3.8, 4) is 0 Å². The Morgan fingerprint density at radius 3 is 2.78 bits per heavy atom. The van der Waals surface area contributed by atoms with E-state index in [0.29, 0.717) is 31.4 Å². The Kier molecular flexibility index (Phi) is 4.47. The summed E-state index contributed by atoms with van der Waals surface area (Å²) in [5.41, 5.74) is 1.68. The Labute approximate surface area is 133 Å². The molecule has 1 aliphatic heterocycles. The van der Waals surface area contributed by atoms with Gasteiger partial charge in [0.1, 0.15) is 6.04 Å². The summed E-state index contributed by atoms with van der Waals surface area (Å²) < 4.78 is 1.46. The molecule has 2 N–H and O–H groups in total. The minimum absolute atomic E-state index is 0.259. The number of aliphatic hydroxyl groups excluding tert-OH is 1. The summed E-state index contributed by atoms with van der Waals surface area (Å²) in [5.74, 6) is -0.618. The molecule has 0 spiro atoms. The molecule has 3 rings (SSSR count). The van der Waals surface area contributed by atoms with Crippen molar-refractivity contribution < 1.29 is 14.7 Å². The molecule has 0 radical (unpaired) electrons. The maximum atomic E-state index is 11.8. The first-order chi connectivity index (χ1) is 11.1. The van der Waals surface area contributed by atoms with Crippen molar-refractivity contribution in [1.29, 1.82) is 0 Å². The number of piperidine rings is 1. The van der Waals surface area contributed by atoms with E-state index in [2.05, 4.69) is 15.6 Å². The number of hydrogen-bond donors (Lipinski definition) is 2. The lowest BCUT2D eigenvalue weighted by Crippen LogP contribution is -2.41. The Morgan fingerprint density at radius 1 is 1.26 bits per heavy atom. The predicted octanol–water partition coefficient (Wildman–Crippen LogP) is 0.402. The molecule has 1 aromatic heterocycles. The van der Waals surface area contributed by atoms with Gasteiger partial charge < -0.3 is 5.11 Å². The van der Waals surface area contributed by atoms with Crippen LogP contribution in [0.25, 0.3) is 0 Å². The van der Waals surface area contributed by atoms with Crippen molar-refractivity contribution in [3.05, 3.63) is 47.8 Å². The van der Waals surface area contributed by atoms with Crippen molar-refractivity contribution in [2.24, 2.45) is 0 Å². The first-order valence-corrected chi connectivity index (χ1v) is 7.58. The second kappa shape index (κ2) is 6.70.